The highest BCUT2D eigenvalue weighted by molar-refractivity contribution is 9.10. The van der Waals surface area contributed by atoms with Crippen LogP contribution in [0.5, 0.6) is 5.75 Å². The average molecular weight is 396 g/mol. The molecule has 0 spiro atoms. The van der Waals surface area contributed by atoms with Crippen molar-refractivity contribution in [2.24, 2.45) is 0 Å². The van der Waals surface area contributed by atoms with E-state index in [4.69, 9.17) is 39.5 Å². The Hall–Kier alpha value is -0.610. The molecule has 0 heterocycles. The van der Waals surface area contributed by atoms with Gasteiger partial charge in [-0.25, -0.2) is 0 Å². The first-order valence-electron chi connectivity index (χ1n) is 5.72. The van der Waals surface area contributed by atoms with Crippen molar-refractivity contribution in [3.05, 3.63) is 55.4 Å². The number of rotatable bonds is 4. The van der Waals surface area contributed by atoms with Crippen molar-refractivity contribution < 1.29 is 4.74 Å². The Morgan fingerprint density at radius 2 is 1.75 bits per heavy atom. The standard InChI is InChI=1S/C14H11BrCl3NO/c1-20-9-2-3-10(15)8(4-9)7-19-14-6-12(17)11(16)5-13(14)18/h2-6,19H,7H2,1H3. The van der Waals surface area contributed by atoms with Gasteiger partial charge in [-0.1, -0.05) is 50.7 Å². The van der Waals surface area contributed by atoms with Crippen LogP contribution in [-0.2, 0) is 6.54 Å². The molecule has 0 amide bonds. The summed E-state index contributed by atoms with van der Waals surface area (Å²) in [5, 5.41) is 4.65. The Morgan fingerprint density at radius 3 is 2.45 bits per heavy atom. The maximum atomic E-state index is 6.12. The Morgan fingerprint density at radius 1 is 1.05 bits per heavy atom. The molecule has 0 radical (unpaired) electrons. The van der Waals surface area contributed by atoms with Crippen molar-refractivity contribution in [1.82, 2.24) is 0 Å². The number of ether oxygens (including phenoxy) is 1. The zero-order valence-corrected chi connectivity index (χ0v) is 14.4. The molecule has 0 aliphatic rings. The van der Waals surface area contributed by atoms with E-state index >= 15 is 0 Å². The lowest BCUT2D eigenvalue weighted by atomic mass is 10.2. The molecule has 0 unspecified atom stereocenters. The van der Waals surface area contributed by atoms with Crippen LogP contribution in [0.1, 0.15) is 5.56 Å². The summed E-state index contributed by atoms with van der Waals surface area (Å²) < 4.78 is 6.20. The van der Waals surface area contributed by atoms with Crippen molar-refractivity contribution in [2.75, 3.05) is 12.4 Å². The van der Waals surface area contributed by atoms with Gasteiger partial charge in [0.25, 0.3) is 0 Å². The van der Waals surface area contributed by atoms with Crippen LogP contribution in [0, 0.1) is 0 Å². The fraction of sp³-hybridized carbons (Fsp3) is 0.143. The second-order valence-corrected chi connectivity index (χ2v) is 6.13. The van der Waals surface area contributed by atoms with E-state index in [1.54, 1.807) is 19.2 Å². The first kappa shape index (κ1) is 15.8. The van der Waals surface area contributed by atoms with Gasteiger partial charge >= 0.3 is 0 Å². The quantitative estimate of drug-likeness (QED) is 0.638. The highest BCUT2D eigenvalue weighted by Crippen LogP contribution is 2.33. The van der Waals surface area contributed by atoms with E-state index in [1.165, 1.54) is 0 Å². The molecule has 0 bridgehead atoms. The van der Waals surface area contributed by atoms with Crippen LogP contribution in [0.2, 0.25) is 15.1 Å². The SMILES string of the molecule is COc1ccc(Br)c(CNc2cc(Cl)c(Cl)cc2Cl)c1. The van der Waals surface area contributed by atoms with Gasteiger partial charge in [0.2, 0.25) is 0 Å². The molecule has 0 saturated heterocycles. The molecule has 6 heteroatoms. The Bertz CT molecular complexity index is 634. The molecule has 2 rings (SSSR count). The van der Waals surface area contributed by atoms with Gasteiger partial charge in [0.05, 0.1) is 27.9 Å². The zero-order chi connectivity index (χ0) is 14.7. The summed E-state index contributed by atoms with van der Waals surface area (Å²) in [4.78, 5) is 0. The number of hydrogen-bond donors (Lipinski definition) is 1. The number of anilines is 1. The van der Waals surface area contributed by atoms with E-state index in [-0.39, 0.29) is 0 Å². The summed E-state index contributed by atoms with van der Waals surface area (Å²) in [5.41, 5.74) is 1.78. The molecule has 0 aromatic heterocycles. The van der Waals surface area contributed by atoms with Crippen molar-refractivity contribution in [2.45, 2.75) is 6.54 Å². The molecule has 106 valence electrons. The molecule has 20 heavy (non-hydrogen) atoms. The van der Waals surface area contributed by atoms with Gasteiger partial charge in [-0.05, 0) is 35.9 Å². The third-order valence-corrected chi connectivity index (χ3v) is 4.54. The Labute approximate surface area is 141 Å². The summed E-state index contributed by atoms with van der Waals surface area (Å²) in [7, 11) is 1.64. The normalized spacial score (nSPS) is 10.4. The summed E-state index contributed by atoms with van der Waals surface area (Å²) in [6, 6.07) is 9.10. The van der Waals surface area contributed by atoms with Crippen molar-refractivity contribution in [3.63, 3.8) is 0 Å². The van der Waals surface area contributed by atoms with Crippen LogP contribution in [-0.4, -0.2) is 7.11 Å². The van der Waals surface area contributed by atoms with Gasteiger partial charge in [0.1, 0.15) is 5.75 Å². The fourth-order valence-corrected chi connectivity index (χ4v) is 2.66. The lowest BCUT2D eigenvalue weighted by Gasteiger charge is -2.12. The van der Waals surface area contributed by atoms with Crippen LogP contribution < -0.4 is 10.1 Å². The first-order chi connectivity index (χ1) is 9.51. The second kappa shape index (κ2) is 6.90. The van der Waals surface area contributed by atoms with Crippen molar-refractivity contribution >= 4 is 56.4 Å². The van der Waals surface area contributed by atoms with E-state index in [0.29, 0.717) is 21.6 Å². The van der Waals surface area contributed by atoms with Crippen molar-refractivity contribution in [1.29, 1.82) is 0 Å². The molecule has 2 nitrogen and oxygen atoms in total. The molecule has 2 aromatic carbocycles. The minimum atomic E-state index is 0.435. The molecule has 1 N–H and O–H groups in total. The summed E-state index contributed by atoms with van der Waals surface area (Å²) in [6.45, 7) is 0.579. The predicted molar refractivity (Wildman–Crippen MR) is 89.5 cm³/mol. The number of benzene rings is 2. The lowest BCUT2D eigenvalue weighted by molar-refractivity contribution is 0.414. The maximum absolute atomic E-state index is 6.12. The minimum absolute atomic E-state index is 0.435. The van der Waals surface area contributed by atoms with Crippen LogP contribution in [0.25, 0.3) is 0 Å². The maximum Gasteiger partial charge on any atom is 0.119 e. The van der Waals surface area contributed by atoms with Crippen LogP contribution in [0.4, 0.5) is 5.69 Å². The van der Waals surface area contributed by atoms with Crippen molar-refractivity contribution in [3.8, 4) is 5.75 Å². The molecular weight excluding hydrogens is 384 g/mol. The molecular formula is C14H11BrCl3NO. The highest BCUT2D eigenvalue weighted by atomic mass is 79.9. The third-order valence-electron chi connectivity index (χ3n) is 2.73. The number of hydrogen-bond acceptors (Lipinski definition) is 2. The molecule has 0 saturated carbocycles. The van der Waals surface area contributed by atoms with Gasteiger partial charge in [-0.3, -0.25) is 0 Å². The molecule has 0 aliphatic carbocycles. The summed E-state index contributed by atoms with van der Waals surface area (Å²) in [5.74, 6) is 0.797. The summed E-state index contributed by atoms with van der Waals surface area (Å²) in [6.07, 6.45) is 0. The Balaban J connectivity index is 2.18. The average Bonchev–Trinajstić information content (AvgIpc) is 2.43. The van der Waals surface area contributed by atoms with E-state index in [9.17, 15) is 0 Å². The Kier molecular flexibility index (Phi) is 5.44. The molecule has 0 aliphatic heterocycles. The number of methoxy groups -OCH3 is 1. The highest BCUT2D eigenvalue weighted by Gasteiger charge is 2.07. The first-order valence-corrected chi connectivity index (χ1v) is 7.65. The molecule has 0 fully saturated rings. The van der Waals surface area contributed by atoms with Gasteiger partial charge in [-0.2, -0.15) is 0 Å². The van der Waals surface area contributed by atoms with Gasteiger partial charge in [0, 0.05) is 11.0 Å². The van der Waals surface area contributed by atoms with Crippen LogP contribution >= 0.6 is 50.7 Å². The minimum Gasteiger partial charge on any atom is -0.497 e. The zero-order valence-electron chi connectivity index (χ0n) is 10.5. The van der Waals surface area contributed by atoms with E-state index in [0.717, 1.165) is 21.5 Å². The predicted octanol–water partition coefficient (Wildman–Crippen LogP) is 6.03. The van der Waals surface area contributed by atoms with Gasteiger partial charge in [0.15, 0.2) is 0 Å². The summed E-state index contributed by atoms with van der Waals surface area (Å²) >= 11 is 21.5. The fourth-order valence-electron chi connectivity index (χ4n) is 1.66. The monoisotopic (exact) mass is 393 g/mol. The number of halogens is 4. The second-order valence-electron chi connectivity index (χ2n) is 4.06. The van der Waals surface area contributed by atoms with Gasteiger partial charge < -0.3 is 10.1 Å². The van der Waals surface area contributed by atoms with E-state index < -0.39 is 0 Å². The van der Waals surface area contributed by atoms with E-state index in [2.05, 4.69) is 21.2 Å². The molecule has 0 atom stereocenters. The smallest absolute Gasteiger partial charge is 0.119 e. The van der Waals surface area contributed by atoms with Crippen LogP contribution in [0.15, 0.2) is 34.8 Å². The largest absolute Gasteiger partial charge is 0.497 e. The number of nitrogens with one attached hydrogen (secondary N) is 1. The topological polar surface area (TPSA) is 21.3 Å². The molecule has 2 aromatic rings. The van der Waals surface area contributed by atoms with Gasteiger partial charge in [-0.15, -0.1) is 0 Å². The lowest BCUT2D eigenvalue weighted by Crippen LogP contribution is -2.01. The van der Waals surface area contributed by atoms with E-state index in [1.807, 2.05) is 18.2 Å². The third kappa shape index (κ3) is 3.73. The van der Waals surface area contributed by atoms with Crippen LogP contribution in [0.3, 0.4) is 0 Å².